The summed E-state index contributed by atoms with van der Waals surface area (Å²) >= 11 is 0. The summed E-state index contributed by atoms with van der Waals surface area (Å²) in [6.45, 7) is 0.917. The highest BCUT2D eigenvalue weighted by atomic mass is 16.5. The van der Waals surface area contributed by atoms with Crippen molar-refractivity contribution >= 4 is 0 Å². The van der Waals surface area contributed by atoms with Gasteiger partial charge in [-0.1, -0.05) is 12.1 Å². The third-order valence-electron chi connectivity index (χ3n) is 3.98. The molecule has 1 atom stereocenters. The average molecular weight is 231 g/mol. The normalized spacial score (nSPS) is 23.2. The van der Waals surface area contributed by atoms with E-state index >= 15 is 0 Å². The summed E-state index contributed by atoms with van der Waals surface area (Å²) in [5.74, 6) is 1.96. The fourth-order valence-electron chi connectivity index (χ4n) is 2.74. The molecule has 1 aromatic rings. The zero-order valence-electron chi connectivity index (χ0n) is 10.5. The van der Waals surface area contributed by atoms with Crippen LogP contribution in [0.5, 0.6) is 5.75 Å². The lowest BCUT2D eigenvalue weighted by Crippen LogP contribution is -2.22. The summed E-state index contributed by atoms with van der Waals surface area (Å²) in [5, 5.41) is 3.41. The molecule has 2 nitrogen and oxygen atoms in total. The quantitative estimate of drug-likeness (QED) is 0.860. The molecule has 0 bridgehead atoms. The Labute approximate surface area is 103 Å². The maximum atomic E-state index is 5.99. The Kier molecular flexibility index (Phi) is 3.06. The fraction of sp³-hybridized carbons (Fsp3) is 0.600. The average Bonchev–Trinajstić information content (AvgIpc) is 3.19. The minimum atomic E-state index is 0.517. The summed E-state index contributed by atoms with van der Waals surface area (Å²) in [4.78, 5) is 0. The number of hydrogen-bond donors (Lipinski definition) is 1. The molecule has 2 heteroatoms. The first kappa shape index (κ1) is 11.1. The van der Waals surface area contributed by atoms with E-state index in [4.69, 9.17) is 4.74 Å². The summed E-state index contributed by atoms with van der Waals surface area (Å²) in [6.07, 6.45) is 6.40. The van der Waals surface area contributed by atoms with Crippen LogP contribution in [0.3, 0.4) is 0 Å². The Morgan fingerprint density at radius 1 is 1.29 bits per heavy atom. The van der Waals surface area contributed by atoms with E-state index in [0.29, 0.717) is 6.04 Å². The van der Waals surface area contributed by atoms with Gasteiger partial charge >= 0.3 is 0 Å². The van der Waals surface area contributed by atoms with Gasteiger partial charge in [-0.25, -0.2) is 0 Å². The molecule has 0 spiro atoms. The van der Waals surface area contributed by atoms with Crippen LogP contribution < -0.4 is 10.1 Å². The number of ether oxygens (including phenoxy) is 1. The summed E-state index contributed by atoms with van der Waals surface area (Å²) in [5.41, 5.74) is 2.89. The van der Waals surface area contributed by atoms with Crippen LogP contribution in [-0.2, 0) is 6.42 Å². The lowest BCUT2D eigenvalue weighted by molar-refractivity contribution is 0.294. The molecule has 0 aromatic heterocycles. The second-order valence-electron chi connectivity index (χ2n) is 5.31. The maximum absolute atomic E-state index is 5.99. The van der Waals surface area contributed by atoms with Crippen LogP contribution in [0.1, 0.15) is 42.9 Å². The molecule has 0 saturated heterocycles. The highest BCUT2D eigenvalue weighted by Gasteiger charge is 2.24. The maximum Gasteiger partial charge on any atom is 0.122 e. The first-order valence-electron chi connectivity index (χ1n) is 6.80. The van der Waals surface area contributed by atoms with E-state index in [2.05, 4.69) is 30.6 Å². The van der Waals surface area contributed by atoms with Gasteiger partial charge in [-0.05, 0) is 62.3 Å². The van der Waals surface area contributed by atoms with Crippen molar-refractivity contribution in [2.24, 2.45) is 5.92 Å². The molecule has 1 unspecified atom stereocenters. The predicted molar refractivity (Wildman–Crippen MR) is 69.4 cm³/mol. The Morgan fingerprint density at radius 2 is 2.18 bits per heavy atom. The van der Waals surface area contributed by atoms with Crippen LogP contribution in [0, 0.1) is 5.92 Å². The molecule has 17 heavy (non-hydrogen) atoms. The van der Waals surface area contributed by atoms with Crippen molar-refractivity contribution in [2.75, 3.05) is 13.7 Å². The second-order valence-corrected chi connectivity index (χ2v) is 5.31. The molecule has 2 aliphatic carbocycles. The van der Waals surface area contributed by atoms with Crippen molar-refractivity contribution in [3.05, 3.63) is 29.3 Å². The molecule has 3 rings (SSSR count). The van der Waals surface area contributed by atoms with E-state index in [-0.39, 0.29) is 0 Å². The molecular weight excluding hydrogens is 210 g/mol. The molecule has 0 heterocycles. The van der Waals surface area contributed by atoms with Gasteiger partial charge in [0.2, 0.25) is 0 Å². The largest absolute Gasteiger partial charge is 0.493 e. The van der Waals surface area contributed by atoms with Crippen LogP contribution in [0.15, 0.2) is 18.2 Å². The summed E-state index contributed by atoms with van der Waals surface area (Å²) < 4.78 is 5.99. The van der Waals surface area contributed by atoms with E-state index in [1.165, 1.54) is 43.2 Å². The third kappa shape index (κ3) is 2.32. The molecule has 0 amide bonds. The Balaban J connectivity index is 1.82. The molecule has 92 valence electrons. The monoisotopic (exact) mass is 231 g/mol. The second kappa shape index (κ2) is 4.69. The first-order chi connectivity index (χ1) is 8.38. The lowest BCUT2D eigenvalue weighted by atomic mass is 9.87. The highest BCUT2D eigenvalue weighted by molar-refractivity contribution is 5.43. The van der Waals surface area contributed by atoms with E-state index < -0.39 is 0 Å². The summed E-state index contributed by atoms with van der Waals surface area (Å²) in [6, 6.07) is 7.04. The van der Waals surface area contributed by atoms with Gasteiger partial charge in [0.05, 0.1) is 6.61 Å². The van der Waals surface area contributed by atoms with Crippen LogP contribution in [-0.4, -0.2) is 13.7 Å². The van der Waals surface area contributed by atoms with Crippen LogP contribution in [0.2, 0.25) is 0 Å². The van der Waals surface area contributed by atoms with Gasteiger partial charge in [-0.15, -0.1) is 0 Å². The van der Waals surface area contributed by atoms with Gasteiger partial charge in [-0.3, -0.25) is 0 Å². The van der Waals surface area contributed by atoms with E-state index in [1.807, 2.05) is 0 Å². The van der Waals surface area contributed by atoms with Crippen molar-refractivity contribution in [1.82, 2.24) is 5.32 Å². The molecule has 2 aliphatic rings. The van der Waals surface area contributed by atoms with Crippen LogP contribution >= 0.6 is 0 Å². The number of rotatable bonds is 4. The van der Waals surface area contributed by atoms with E-state index in [9.17, 15) is 0 Å². The topological polar surface area (TPSA) is 21.3 Å². The molecule has 1 aromatic carbocycles. The summed E-state index contributed by atoms with van der Waals surface area (Å²) in [7, 11) is 2.05. The Bertz CT molecular complexity index is 398. The van der Waals surface area contributed by atoms with Crippen LogP contribution in [0.4, 0.5) is 0 Å². The van der Waals surface area contributed by atoms with E-state index in [0.717, 1.165) is 18.3 Å². The SMILES string of the molecule is CNC1CCCc2c(OCC3CC3)cccc21. The minimum Gasteiger partial charge on any atom is -0.493 e. The van der Waals surface area contributed by atoms with Gasteiger partial charge in [-0.2, -0.15) is 0 Å². The van der Waals surface area contributed by atoms with E-state index in [1.54, 1.807) is 0 Å². The minimum absolute atomic E-state index is 0.517. The van der Waals surface area contributed by atoms with Gasteiger partial charge < -0.3 is 10.1 Å². The molecule has 1 saturated carbocycles. The van der Waals surface area contributed by atoms with Crippen LogP contribution in [0.25, 0.3) is 0 Å². The van der Waals surface area contributed by atoms with Gasteiger partial charge in [0.15, 0.2) is 0 Å². The highest BCUT2D eigenvalue weighted by Crippen LogP contribution is 2.36. The standard InChI is InChI=1S/C15H21NO/c1-16-14-6-2-5-13-12(14)4-3-7-15(13)17-10-11-8-9-11/h3-4,7,11,14,16H,2,5-6,8-10H2,1H3. The molecular formula is C15H21NO. The fourth-order valence-corrected chi connectivity index (χ4v) is 2.74. The Hall–Kier alpha value is -1.02. The number of benzene rings is 1. The predicted octanol–water partition coefficient (Wildman–Crippen LogP) is 3.07. The molecule has 1 N–H and O–H groups in total. The Morgan fingerprint density at radius 3 is 2.94 bits per heavy atom. The van der Waals surface area contributed by atoms with Crippen molar-refractivity contribution in [3.63, 3.8) is 0 Å². The van der Waals surface area contributed by atoms with Crippen molar-refractivity contribution in [3.8, 4) is 5.75 Å². The zero-order valence-corrected chi connectivity index (χ0v) is 10.5. The zero-order chi connectivity index (χ0) is 11.7. The first-order valence-corrected chi connectivity index (χ1v) is 6.80. The number of hydrogen-bond acceptors (Lipinski definition) is 2. The van der Waals surface area contributed by atoms with Gasteiger partial charge in [0.1, 0.15) is 5.75 Å². The van der Waals surface area contributed by atoms with Crippen molar-refractivity contribution in [1.29, 1.82) is 0 Å². The molecule has 0 aliphatic heterocycles. The van der Waals surface area contributed by atoms with Gasteiger partial charge in [0.25, 0.3) is 0 Å². The lowest BCUT2D eigenvalue weighted by Gasteiger charge is -2.26. The van der Waals surface area contributed by atoms with Crippen molar-refractivity contribution < 1.29 is 4.74 Å². The molecule has 1 fully saturated rings. The molecule has 0 radical (unpaired) electrons. The van der Waals surface area contributed by atoms with Crippen molar-refractivity contribution in [2.45, 2.75) is 38.1 Å². The third-order valence-corrected chi connectivity index (χ3v) is 3.98. The number of fused-ring (bicyclic) bond motifs is 1. The number of nitrogens with one attached hydrogen (secondary N) is 1. The smallest absolute Gasteiger partial charge is 0.122 e. The van der Waals surface area contributed by atoms with Gasteiger partial charge in [0, 0.05) is 6.04 Å².